The van der Waals surface area contributed by atoms with Crippen molar-refractivity contribution in [3.05, 3.63) is 81.5 Å². The molecule has 1 aromatic heterocycles. The van der Waals surface area contributed by atoms with E-state index < -0.39 is 6.09 Å². The van der Waals surface area contributed by atoms with Crippen LogP contribution < -0.4 is 0 Å². The third kappa shape index (κ3) is 3.05. The summed E-state index contributed by atoms with van der Waals surface area (Å²) in [6.07, 6.45) is -0.203. The van der Waals surface area contributed by atoms with E-state index in [1.807, 2.05) is 31.2 Å². The van der Waals surface area contributed by atoms with Crippen molar-refractivity contribution >= 4 is 17.4 Å². The largest absolute Gasteiger partial charge is 0.465 e. The van der Waals surface area contributed by atoms with Gasteiger partial charge in [-0.15, -0.1) is 11.3 Å². The van der Waals surface area contributed by atoms with Crippen LogP contribution in [0.15, 0.2) is 60.0 Å². The molecule has 1 amide bonds. The fourth-order valence-electron chi connectivity index (χ4n) is 4.81. The zero-order valence-electron chi connectivity index (χ0n) is 16.2. The smallest absolute Gasteiger partial charge is 0.407 e. The molecule has 0 saturated carbocycles. The molecule has 2 aliphatic rings. The molecule has 5 rings (SSSR count). The Morgan fingerprint density at radius 3 is 2.41 bits per heavy atom. The summed E-state index contributed by atoms with van der Waals surface area (Å²) in [6, 6.07) is 18.5. The minimum Gasteiger partial charge on any atom is -0.465 e. The number of ether oxygens (including phenoxy) is 1. The van der Waals surface area contributed by atoms with Crippen molar-refractivity contribution in [1.82, 2.24) is 4.90 Å². The molecule has 148 valence electrons. The summed E-state index contributed by atoms with van der Waals surface area (Å²) < 4.78 is 6.06. The second-order valence-electron chi connectivity index (χ2n) is 7.74. The van der Waals surface area contributed by atoms with E-state index in [1.54, 1.807) is 16.2 Å². The molecule has 0 spiro atoms. The Labute approximate surface area is 174 Å². The lowest BCUT2D eigenvalue weighted by Crippen LogP contribution is -2.45. The van der Waals surface area contributed by atoms with E-state index >= 15 is 0 Å². The Balaban J connectivity index is 1.49. The van der Waals surface area contributed by atoms with E-state index in [1.165, 1.54) is 27.1 Å². The summed E-state index contributed by atoms with van der Waals surface area (Å²) in [4.78, 5) is 15.2. The molecule has 1 aliphatic heterocycles. The van der Waals surface area contributed by atoms with E-state index in [2.05, 4.69) is 35.7 Å². The number of fused-ring (bicyclic) bond motifs is 4. The molecule has 0 radical (unpaired) electrons. The average molecular weight is 406 g/mol. The van der Waals surface area contributed by atoms with E-state index in [0.29, 0.717) is 13.2 Å². The molecule has 3 aromatic rings. The van der Waals surface area contributed by atoms with Crippen molar-refractivity contribution in [2.75, 3.05) is 13.2 Å². The van der Waals surface area contributed by atoms with Gasteiger partial charge in [0.1, 0.15) is 6.10 Å². The second kappa shape index (κ2) is 7.32. The van der Waals surface area contributed by atoms with Gasteiger partial charge >= 0.3 is 6.09 Å². The van der Waals surface area contributed by atoms with E-state index in [0.717, 1.165) is 12.0 Å². The van der Waals surface area contributed by atoms with Gasteiger partial charge in [-0.3, -0.25) is 0 Å². The number of hydrogen-bond donors (Lipinski definition) is 1. The number of carboxylic acid groups (broad SMARTS) is 1. The molecular weight excluding hydrogens is 382 g/mol. The molecule has 4 nitrogen and oxygen atoms in total. The van der Waals surface area contributed by atoms with Crippen LogP contribution >= 0.6 is 11.3 Å². The van der Waals surface area contributed by atoms with Gasteiger partial charge in [0.15, 0.2) is 0 Å². The molecule has 1 N–H and O–H groups in total. The number of benzene rings is 2. The predicted molar refractivity (Wildman–Crippen MR) is 115 cm³/mol. The molecule has 5 heteroatoms. The second-order valence-corrected chi connectivity index (χ2v) is 8.74. The van der Waals surface area contributed by atoms with Gasteiger partial charge in [0.25, 0.3) is 0 Å². The van der Waals surface area contributed by atoms with Crippen molar-refractivity contribution in [3.8, 4) is 11.1 Å². The van der Waals surface area contributed by atoms with Crippen LogP contribution in [0.1, 0.15) is 40.5 Å². The Morgan fingerprint density at radius 1 is 1.10 bits per heavy atom. The summed E-state index contributed by atoms with van der Waals surface area (Å²) in [7, 11) is 0. The number of rotatable bonds is 4. The van der Waals surface area contributed by atoms with Gasteiger partial charge < -0.3 is 14.7 Å². The SMILES string of the molecule is C[C@@H]([C@H]1OCCc2sccc21)N(CC1c2ccccc2-c2ccccc21)C(=O)O. The first-order valence-electron chi connectivity index (χ1n) is 10.0. The molecular formula is C24H23NO3S. The Hall–Kier alpha value is -2.63. The highest BCUT2D eigenvalue weighted by molar-refractivity contribution is 7.10. The van der Waals surface area contributed by atoms with E-state index in [9.17, 15) is 9.90 Å². The lowest BCUT2D eigenvalue weighted by Gasteiger charge is -2.36. The van der Waals surface area contributed by atoms with Gasteiger partial charge in [-0.1, -0.05) is 48.5 Å². The highest BCUT2D eigenvalue weighted by atomic mass is 32.1. The van der Waals surface area contributed by atoms with Gasteiger partial charge in [0.2, 0.25) is 0 Å². The molecule has 2 heterocycles. The Bertz CT molecular complexity index is 1010. The minimum atomic E-state index is -0.898. The maximum absolute atomic E-state index is 12.3. The maximum Gasteiger partial charge on any atom is 0.407 e. The van der Waals surface area contributed by atoms with Crippen molar-refractivity contribution in [2.24, 2.45) is 0 Å². The maximum atomic E-state index is 12.3. The fourth-order valence-corrected chi connectivity index (χ4v) is 5.71. The van der Waals surface area contributed by atoms with Crippen LogP contribution in [0.4, 0.5) is 4.79 Å². The predicted octanol–water partition coefficient (Wildman–Crippen LogP) is 5.54. The molecule has 2 aromatic carbocycles. The average Bonchev–Trinajstić information content (AvgIpc) is 3.34. The van der Waals surface area contributed by atoms with Crippen molar-refractivity contribution < 1.29 is 14.6 Å². The number of carbonyl (C=O) groups is 1. The topological polar surface area (TPSA) is 49.8 Å². The van der Waals surface area contributed by atoms with Crippen LogP contribution in [0.3, 0.4) is 0 Å². The van der Waals surface area contributed by atoms with Crippen LogP contribution in [0, 0.1) is 0 Å². The highest BCUT2D eigenvalue weighted by Crippen LogP contribution is 2.45. The molecule has 0 bridgehead atoms. The van der Waals surface area contributed by atoms with E-state index in [4.69, 9.17) is 4.74 Å². The first-order chi connectivity index (χ1) is 14.1. The summed E-state index contributed by atoms with van der Waals surface area (Å²) in [6.45, 7) is 3.03. The molecule has 0 unspecified atom stereocenters. The third-order valence-corrected chi connectivity index (χ3v) is 7.23. The fraction of sp³-hybridized carbons (Fsp3) is 0.292. The lowest BCUT2D eigenvalue weighted by atomic mass is 9.94. The molecule has 1 aliphatic carbocycles. The number of amides is 1. The number of hydrogen-bond acceptors (Lipinski definition) is 3. The quantitative estimate of drug-likeness (QED) is 0.620. The monoisotopic (exact) mass is 405 g/mol. The highest BCUT2D eigenvalue weighted by Gasteiger charge is 2.37. The van der Waals surface area contributed by atoms with E-state index in [-0.39, 0.29) is 18.1 Å². The summed E-state index contributed by atoms with van der Waals surface area (Å²) in [5, 5.41) is 12.2. The first-order valence-corrected chi connectivity index (χ1v) is 10.9. The normalized spacial score (nSPS) is 18.6. The third-order valence-electron chi connectivity index (χ3n) is 6.23. The van der Waals surface area contributed by atoms with Crippen molar-refractivity contribution in [1.29, 1.82) is 0 Å². The Morgan fingerprint density at radius 2 is 1.76 bits per heavy atom. The van der Waals surface area contributed by atoms with Crippen LogP contribution in [0.25, 0.3) is 11.1 Å². The van der Waals surface area contributed by atoms with Gasteiger partial charge in [-0.05, 0) is 46.2 Å². The van der Waals surface area contributed by atoms with Gasteiger partial charge in [0.05, 0.1) is 12.6 Å². The standard InChI is InChI=1S/C24H23NO3S/c1-15(23-20-11-13-29-22(20)10-12-28-23)25(24(26)27)14-21-18-8-4-2-6-16(18)17-7-3-5-9-19(17)21/h2-9,11,13,15,21,23H,10,12,14H2,1H3,(H,26,27)/t15-,23+/m0/s1. The van der Waals surface area contributed by atoms with Crippen molar-refractivity contribution in [3.63, 3.8) is 0 Å². The zero-order valence-corrected chi connectivity index (χ0v) is 17.1. The molecule has 0 fully saturated rings. The molecule has 0 saturated heterocycles. The number of thiophene rings is 1. The summed E-state index contributed by atoms with van der Waals surface area (Å²) >= 11 is 1.74. The van der Waals surface area contributed by atoms with Crippen LogP contribution in [0.2, 0.25) is 0 Å². The molecule has 2 atom stereocenters. The van der Waals surface area contributed by atoms with Gasteiger partial charge in [-0.2, -0.15) is 0 Å². The number of nitrogens with zero attached hydrogens (tertiary/aromatic N) is 1. The lowest BCUT2D eigenvalue weighted by molar-refractivity contribution is -0.0137. The minimum absolute atomic E-state index is 0.0338. The van der Waals surface area contributed by atoms with Gasteiger partial charge in [0, 0.05) is 23.8 Å². The van der Waals surface area contributed by atoms with Gasteiger partial charge in [-0.25, -0.2) is 4.79 Å². The first kappa shape index (κ1) is 18.4. The zero-order chi connectivity index (χ0) is 20.0. The van der Waals surface area contributed by atoms with Crippen LogP contribution in [0.5, 0.6) is 0 Å². The Kier molecular flexibility index (Phi) is 4.64. The van der Waals surface area contributed by atoms with Crippen molar-refractivity contribution in [2.45, 2.75) is 31.4 Å². The summed E-state index contributed by atoms with van der Waals surface area (Å²) in [5.41, 5.74) is 5.97. The van der Waals surface area contributed by atoms with Crippen LogP contribution in [-0.2, 0) is 11.2 Å². The summed E-state index contributed by atoms with van der Waals surface area (Å²) in [5.74, 6) is 0.0338. The van der Waals surface area contributed by atoms with Crippen LogP contribution in [-0.4, -0.2) is 35.3 Å². The molecule has 29 heavy (non-hydrogen) atoms.